The number of piperazine rings is 1. The van der Waals surface area contributed by atoms with Crippen molar-refractivity contribution in [3.63, 3.8) is 0 Å². The summed E-state index contributed by atoms with van der Waals surface area (Å²) in [6.45, 7) is 11.6. The highest BCUT2D eigenvalue weighted by atomic mass is 32.2. The van der Waals surface area contributed by atoms with Gasteiger partial charge in [-0.2, -0.15) is 5.26 Å². The van der Waals surface area contributed by atoms with E-state index in [0.717, 1.165) is 44.0 Å². The Kier molecular flexibility index (Phi) is 7.36. The Balaban J connectivity index is 2.23. The summed E-state index contributed by atoms with van der Waals surface area (Å²) in [6.07, 6.45) is 4.21. The largest absolute Gasteiger partial charge is 0.355 e. The summed E-state index contributed by atoms with van der Waals surface area (Å²) < 4.78 is 2.19. The van der Waals surface area contributed by atoms with Crippen LogP contribution in [0.2, 0.25) is 0 Å². The molecule has 0 bridgehead atoms. The minimum absolute atomic E-state index is 0.124. The summed E-state index contributed by atoms with van der Waals surface area (Å²) in [5.74, 6) is 0.607. The second kappa shape index (κ2) is 9.81. The molecule has 0 unspecified atom stereocenters. The molecule has 0 aromatic carbocycles. The van der Waals surface area contributed by atoms with E-state index in [4.69, 9.17) is 12.2 Å². The predicted molar refractivity (Wildman–Crippen MR) is 130 cm³/mol. The summed E-state index contributed by atoms with van der Waals surface area (Å²) in [5.41, 5.74) is 1.20. The van der Waals surface area contributed by atoms with E-state index in [1.807, 2.05) is 6.92 Å². The number of carbonyl (C=O) groups is 1. The number of rotatable bonds is 6. The summed E-state index contributed by atoms with van der Waals surface area (Å²) in [6, 6.07) is 2.08. The standard InChI is InChI=1S/C22H27N5O2S2/c1-5-7-26-19(25-11-9-24(4)10-12-25)16(15(3)17(14-23)20(26)28)13-18-21(29)27(8-6-2)22(30)31-18/h6,13H,2,5,7-12H2,1,3-4H3. The number of hydrogen-bond acceptors (Lipinski definition) is 7. The van der Waals surface area contributed by atoms with Crippen LogP contribution >= 0.6 is 24.0 Å². The van der Waals surface area contributed by atoms with Gasteiger partial charge in [0.2, 0.25) is 0 Å². The molecule has 2 aliphatic heterocycles. The molecule has 0 aliphatic carbocycles. The first-order valence-electron chi connectivity index (χ1n) is 10.3. The minimum Gasteiger partial charge on any atom is -0.355 e. The number of aromatic nitrogens is 1. The molecule has 7 nitrogen and oxygen atoms in total. The Morgan fingerprint density at radius 3 is 2.52 bits per heavy atom. The molecule has 2 aliphatic rings. The molecular weight excluding hydrogens is 430 g/mol. The molecule has 31 heavy (non-hydrogen) atoms. The van der Waals surface area contributed by atoms with E-state index in [0.29, 0.717) is 27.9 Å². The van der Waals surface area contributed by atoms with Gasteiger partial charge in [0.25, 0.3) is 11.5 Å². The molecule has 1 aromatic rings. The van der Waals surface area contributed by atoms with E-state index in [2.05, 4.69) is 29.5 Å². The zero-order valence-corrected chi connectivity index (χ0v) is 19.8. The smallest absolute Gasteiger partial charge is 0.270 e. The second-order valence-corrected chi connectivity index (χ2v) is 9.35. The molecule has 2 fully saturated rings. The second-order valence-electron chi connectivity index (χ2n) is 7.68. The lowest BCUT2D eigenvalue weighted by atomic mass is 10.0. The number of pyridine rings is 1. The Labute approximate surface area is 192 Å². The Bertz CT molecular complexity index is 1050. The zero-order valence-electron chi connectivity index (χ0n) is 18.2. The number of thiocarbonyl (C=S) groups is 1. The van der Waals surface area contributed by atoms with Crippen molar-refractivity contribution in [2.24, 2.45) is 0 Å². The molecule has 164 valence electrons. The first-order valence-corrected chi connectivity index (χ1v) is 11.5. The summed E-state index contributed by atoms with van der Waals surface area (Å²) in [7, 11) is 2.08. The summed E-state index contributed by atoms with van der Waals surface area (Å²) >= 11 is 6.61. The topological polar surface area (TPSA) is 72.6 Å². The minimum atomic E-state index is -0.271. The number of anilines is 1. The molecule has 3 heterocycles. The number of thioether (sulfide) groups is 1. The maximum absolute atomic E-state index is 13.2. The van der Waals surface area contributed by atoms with Crippen LogP contribution in [0.5, 0.6) is 0 Å². The summed E-state index contributed by atoms with van der Waals surface area (Å²) in [4.78, 5) is 32.5. The third-order valence-corrected chi connectivity index (χ3v) is 6.93. The fourth-order valence-corrected chi connectivity index (χ4v) is 5.11. The van der Waals surface area contributed by atoms with Crippen molar-refractivity contribution in [2.75, 3.05) is 44.7 Å². The third-order valence-electron chi connectivity index (χ3n) is 5.56. The van der Waals surface area contributed by atoms with Gasteiger partial charge in [0.1, 0.15) is 21.8 Å². The van der Waals surface area contributed by atoms with E-state index in [-0.39, 0.29) is 17.0 Å². The van der Waals surface area contributed by atoms with Gasteiger partial charge in [-0.1, -0.05) is 37.0 Å². The van der Waals surface area contributed by atoms with Crippen LogP contribution < -0.4 is 10.5 Å². The average Bonchev–Trinajstić information content (AvgIpc) is 3.01. The number of nitrogens with zero attached hydrogens (tertiary/aromatic N) is 5. The molecule has 1 aromatic heterocycles. The maximum Gasteiger partial charge on any atom is 0.270 e. The fraction of sp³-hybridized carbons (Fsp3) is 0.455. The molecule has 9 heteroatoms. The normalized spacial score (nSPS) is 18.7. The number of likely N-dealkylation sites (N-methyl/N-ethyl adjacent to an activating group) is 1. The highest BCUT2D eigenvalue weighted by Gasteiger charge is 2.32. The molecule has 0 N–H and O–H groups in total. The van der Waals surface area contributed by atoms with Crippen LogP contribution in [-0.4, -0.2) is 64.4 Å². The molecule has 0 spiro atoms. The molecule has 0 radical (unpaired) electrons. The van der Waals surface area contributed by atoms with Gasteiger partial charge >= 0.3 is 0 Å². The van der Waals surface area contributed by atoms with Crippen molar-refractivity contribution in [3.05, 3.63) is 44.6 Å². The van der Waals surface area contributed by atoms with Crippen molar-refractivity contribution >= 4 is 46.1 Å². The van der Waals surface area contributed by atoms with E-state index in [1.54, 1.807) is 23.6 Å². The summed E-state index contributed by atoms with van der Waals surface area (Å²) in [5, 5.41) is 9.70. The predicted octanol–water partition coefficient (Wildman–Crippen LogP) is 2.58. The van der Waals surface area contributed by atoms with E-state index in [9.17, 15) is 14.9 Å². The van der Waals surface area contributed by atoms with E-state index >= 15 is 0 Å². The number of nitriles is 1. The van der Waals surface area contributed by atoms with Crippen molar-refractivity contribution in [2.45, 2.75) is 26.8 Å². The molecule has 2 saturated heterocycles. The average molecular weight is 458 g/mol. The van der Waals surface area contributed by atoms with Gasteiger partial charge in [-0.15, -0.1) is 6.58 Å². The Morgan fingerprint density at radius 2 is 1.94 bits per heavy atom. The van der Waals surface area contributed by atoms with Crippen molar-refractivity contribution in [3.8, 4) is 6.07 Å². The molecule has 1 amide bonds. The van der Waals surface area contributed by atoms with Crippen molar-refractivity contribution in [1.29, 1.82) is 5.26 Å². The Hall–Kier alpha value is -2.41. The van der Waals surface area contributed by atoms with Crippen LogP contribution in [0.4, 0.5) is 5.82 Å². The first-order chi connectivity index (χ1) is 14.8. The quantitative estimate of drug-likeness (QED) is 0.369. The number of amides is 1. The van der Waals surface area contributed by atoms with Crippen LogP contribution in [0, 0.1) is 18.3 Å². The van der Waals surface area contributed by atoms with Gasteiger partial charge in [-0.3, -0.25) is 19.1 Å². The zero-order chi connectivity index (χ0) is 22.7. The Morgan fingerprint density at radius 1 is 1.26 bits per heavy atom. The lowest BCUT2D eigenvalue weighted by Crippen LogP contribution is -2.47. The number of hydrogen-bond donors (Lipinski definition) is 0. The highest BCUT2D eigenvalue weighted by Crippen LogP contribution is 2.36. The van der Waals surface area contributed by atoms with E-state index in [1.165, 1.54) is 16.7 Å². The SMILES string of the molecule is C=CCN1C(=O)C(=Cc2c(C)c(C#N)c(=O)n(CCC)c2N2CCN(C)CC2)SC1=S. The van der Waals surface area contributed by atoms with Crippen LogP contribution in [-0.2, 0) is 11.3 Å². The lowest BCUT2D eigenvalue weighted by molar-refractivity contribution is -0.121. The van der Waals surface area contributed by atoms with Crippen LogP contribution in [0.1, 0.15) is 30.0 Å². The monoisotopic (exact) mass is 457 g/mol. The van der Waals surface area contributed by atoms with Crippen molar-refractivity contribution < 1.29 is 4.79 Å². The van der Waals surface area contributed by atoms with Crippen LogP contribution in [0.15, 0.2) is 22.4 Å². The van der Waals surface area contributed by atoms with Crippen molar-refractivity contribution in [1.82, 2.24) is 14.4 Å². The van der Waals surface area contributed by atoms with Gasteiger partial charge in [0, 0.05) is 44.8 Å². The third kappa shape index (κ3) is 4.47. The fourth-order valence-electron chi connectivity index (χ4n) is 3.85. The molecule has 0 atom stereocenters. The van der Waals surface area contributed by atoms with Gasteiger partial charge in [-0.25, -0.2) is 0 Å². The van der Waals surface area contributed by atoms with Crippen LogP contribution in [0.25, 0.3) is 6.08 Å². The van der Waals surface area contributed by atoms with Gasteiger partial charge < -0.3 is 9.80 Å². The molecule has 3 rings (SSSR count). The van der Waals surface area contributed by atoms with Gasteiger partial charge in [-0.05, 0) is 32.0 Å². The lowest BCUT2D eigenvalue weighted by Gasteiger charge is -2.36. The highest BCUT2D eigenvalue weighted by molar-refractivity contribution is 8.26. The van der Waals surface area contributed by atoms with Gasteiger partial charge in [0.05, 0.1) is 4.91 Å². The maximum atomic E-state index is 13.2. The molecular formula is C22H27N5O2S2. The first kappa shape index (κ1) is 23.3. The molecule has 0 saturated carbocycles. The van der Waals surface area contributed by atoms with Crippen LogP contribution in [0.3, 0.4) is 0 Å². The van der Waals surface area contributed by atoms with E-state index < -0.39 is 0 Å². The van der Waals surface area contributed by atoms with Gasteiger partial charge in [0.15, 0.2) is 0 Å². The number of carbonyl (C=O) groups excluding carboxylic acids is 1.